The fraction of sp³-hybridized carbons (Fsp3) is 0.0500. The molecule has 32 heavy (non-hydrogen) atoms. The van der Waals surface area contributed by atoms with Crippen molar-refractivity contribution in [1.82, 2.24) is 15.0 Å². The molecule has 0 amide bonds. The topological polar surface area (TPSA) is 94.1 Å². The lowest BCUT2D eigenvalue weighted by Gasteiger charge is -2.14. The van der Waals surface area contributed by atoms with Crippen LogP contribution < -0.4 is 9.46 Å². The third-order valence-corrected chi connectivity index (χ3v) is 6.53. The van der Waals surface area contributed by atoms with E-state index < -0.39 is 37.8 Å². The Labute approximate surface area is 200 Å². The third-order valence-electron chi connectivity index (χ3n) is 4.44. The van der Waals surface area contributed by atoms with Gasteiger partial charge in [-0.3, -0.25) is 4.72 Å². The summed E-state index contributed by atoms with van der Waals surface area (Å²) in [5.41, 5.74) is -0.0593. The zero-order valence-electron chi connectivity index (χ0n) is 16.1. The molecule has 0 aliphatic rings. The average Bonchev–Trinajstić information content (AvgIpc) is 2.76. The van der Waals surface area contributed by atoms with Gasteiger partial charge in [0.2, 0.25) is 5.88 Å². The van der Waals surface area contributed by atoms with Gasteiger partial charge < -0.3 is 4.74 Å². The summed E-state index contributed by atoms with van der Waals surface area (Å²) in [6.45, 7) is 0. The highest BCUT2D eigenvalue weighted by Gasteiger charge is 2.25. The number of fused-ring (bicyclic) bond motifs is 1. The van der Waals surface area contributed by atoms with Gasteiger partial charge in [-0.1, -0.05) is 17.7 Å². The minimum Gasteiger partial charge on any atom is -0.480 e. The van der Waals surface area contributed by atoms with Crippen LogP contribution in [0.2, 0.25) is 5.02 Å². The average molecular weight is 589 g/mol. The number of aromatic nitrogens is 3. The van der Waals surface area contributed by atoms with Crippen molar-refractivity contribution < 1.29 is 21.9 Å². The van der Waals surface area contributed by atoms with E-state index in [0.29, 0.717) is 14.7 Å². The number of halogens is 4. The number of methoxy groups -OCH3 is 1. The second-order valence-electron chi connectivity index (χ2n) is 6.46. The molecule has 0 radical (unpaired) electrons. The molecule has 2 heterocycles. The van der Waals surface area contributed by atoms with Crippen LogP contribution in [0.5, 0.6) is 5.88 Å². The van der Waals surface area contributed by atoms with Crippen LogP contribution in [0.15, 0.2) is 53.7 Å². The Hall–Kier alpha value is -2.64. The van der Waals surface area contributed by atoms with Gasteiger partial charge >= 0.3 is 0 Å². The van der Waals surface area contributed by atoms with E-state index in [2.05, 4.69) is 19.7 Å². The number of rotatable bonds is 5. The minimum absolute atomic E-state index is 0.0412. The fourth-order valence-corrected chi connectivity index (χ4v) is 4.84. The molecule has 164 valence electrons. The fourth-order valence-electron chi connectivity index (χ4n) is 3.02. The second kappa shape index (κ2) is 8.71. The maximum Gasteiger partial charge on any atom is 0.267 e. The third kappa shape index (κ3) is 4.32. The molecule has 2 aromatic carbocycles. The summed E-state index contributed by atoms with van der Waals surface area (Å²) in [6, 6.07) is 7.70. The summed E-state index contributed by atoms with van der Waals surface area (Å²) < 4.78 is 63.2. The van der Waals surface area contributed by atoms with Crippen LogP contribution in [-0.4, -0.2) is 30.5 Å². The quantitative estimate of drug-likeness (QED) is 0.260. The molecule has 0 fully saturated rings. The predicted octanol–water partition coefficient (Wildman–Crippen LogP) is 5.04. The van der Waals surface area contributed by atoms with Gasteiger partial charge in [0.1, 0.15) is 5.82 Å². The first-order valence-corrected chi connectivity index (χ1v) is 11.8. The van der Waals surface area contributed by atoms with Gasteiger partial charge in [-0.2, -0.15) is 0 Å². The summed E-state index contributed by atoms with van der Waals surface area (Å²) in [6.07, 6.45) is 2.74. The molecular formula is C20H12ClF2IN4O3S. The van der Waals surface area contributed by atoms with Crippen LogP contribution in [-0.2, 0) is 10.0 Å². The molecule has 2 aromatic heterocycles. The first-order valence-electron chi connectivity index (χ1n) is 8.82. The zero-order valence-corrected chi connectivity index (χ0v) is 19.8. The molecule has 0 aliphatic heterocycles. The lowest BCUT2D eigenvalue weighted by molar-refractivity contribution is 0.385. The first kappa shape index (κ1) is 22.6. The number of nitrogens with zero attached hydrogens (tertiary/aromatic N) is 3. The van der Waals surface area contributed by atoms with E-state index in [4.69, 9.17) is 16.3 Å². The molecule has 0 atom stereocenters. The highest BCUT2D eigenvalue weighted by molar-refractivity contribution is 14.1. The van der Waals surface area contributed by atoms with E-state index in [9.17, 15) is 12.8 Å². The smallest absolute Gasteiger partial charge is 0.267 e. The van der Waals surface area contributed by atoms with Gasteiger partial charge in [0.25, 0.3) is 10.0 Å². The number of hydrogen-bond donors (Lipinski definition) is 1. The predicted molar refractivity (Wildman–Crippen MR) is 124 cm³/mol. The lowest BCUT2D eigenvalue weighted by Crippen LogP contribution is -2.16. The van der Waals surface area contributed by atoms with Crippen molar-refractivity contribution in [1.29, 1.82) is 0 Å². The summed E-state index contributed by atoms with van der Waals surface area (Å²) in [4.78, 5) is 11.7. The van der Waals surface area contributed by atoms with Gasteiger partial charge in [0.15, 0.2) is 14.5 Å². The van der Waals surface area contributed by atoms with Gasteiger partial charge in [-0.15, -0.1) is 0 Å². The molecule has 7 nitrogen and oxygen atoms in total. The Morgan fingerprint density at radius 2 is 1.88 bits per heavy atom. The van der Waals surface area contributed by atoms with E-state index in [0.717, 1.165) is 18.2 Å². The van der Waals surface area contributed by atoms with Crippen LogP contribution in [0, 0.1) is 15.5 Å². The van der Waals surface area contributed by atoms with Crippen LogP contribution in [0.25, 0.3) is 22.0 Å². The molecule has 0 saturated carbocycles. The van der Waals surface area contributed by atoms with Gasteiger partial charge in [0, 0.05) is 40.4 Å². The Kier molecular flexibility index (Phi) is 6.14. The Morgan fingerprint density at radius 1 is 1.09 bits per heavy atom. The van der Waals surface area contributed by atoms with E-state index >= 15 is 4.39 Å². The van der Waals surface area contributed by atoms with Crippen LogP contribution >= 0.6 is 34.2 Å². The Bertz CT molecular complexity index is 1470. The van der Waals surface area contributed by atoms with Crippen LogP contribution in [0.4, 0.5) is 14.5 Å². The Morgan fingerprint density at radius 3 is 2.62 bits per heavy atom. The van der Waals surface area contributed by atoms with Crippen molar-refractivity contribution in [3.8, 4) is 17.0 Å². The summed E-state index contributed by atoms with van der Waals surface area (Å²) >= 11 is 7.81. The molecule has 0 unspecified atom stereocenters. The molecule has 0 spiro atoms. The number of hydrogen-bond acceptors (Lipinski definition) is 6. The molecule has 4 aromatic rings. The van der Waals surface area contributed by atoms with Gasteiger partial charge in [-0.05, 0) is 35.9 Å². The number of sulfonamides is 1. The van der Waals surface area contributed by atoms with E-state index in [1.165, 1.54) is 31.6 Å². The number of anilines is 1. The number of nitrogens with one attached hydrogen (secondary N) is 1. The van der Waals surface area contributed by atoms with Gasteiger partial charge in [-0.25, -0.2) is 32.2 Å². The van der Waals surface area contributed by atoms with Crippen molar-refractivity contribution >= 4 is 60.8 Å². The highest BCUT2D eigenvalue weighted by atomic mass is 127. The van der Waals surface area contributed by atoms with E-state index in [1.807, 2.05) is 22.6 Å². The second-order valence-corrected chi connectivity index (χ2v) is 9.52. The van der Waals surface area contributed by atoms with Crippen molar-refractivity contribution in [3.63, 3.8) is 0 Å². The van der Waals surface area contributed by atoms with Gasteiger partial charge in [0.05, 0.1) is 28.9 Å². The standard InChI is InChI=1S/C20H12ClF2IN4O3S/c1-31-19-16(7-12(21)9-25-19)32(29,30)28-15-5-3-13(22)17(18(15)23)10-2-4-14-11(6-10)8-26-20(24)27-14/h2-9,28H,1H3. The lowest BCUT2D eigenvalue weighted by atomic mass is 10.0. The van der Waals surface area contributed by atoms with Crippen molar-refractivity contribution in [3.05, 3.63) is 69.3 Å². The summed E-state index contributed by atoms with van der Waals surface area (Å²) in [5, 5.41) is 0.613. The maximum absolute atomic E-state index is 15.3. The molecular weight excluding hydrogens is 577 g/mol. The molecule has 0 aliphatic carbocycles. The van der Waals surface area contributed by atoms with E-state index in [1.54, 1.807) is 6.07 Å². The monoisotopic (exact) mass is 588 g/mol. The van der Waals surface area contributed by atoms with E-state index in [-0.39, 0.29) is 16.5 Å². The molecule has 4 rings (SSSR count). The number of benzene rings is 2. The van der Waals surface area contributed by atoms with Crippen molar-refractivity contribution in [2.24, 2.45) is 0 Å². The van der Waals surface area contributed by atoms with Crippen molar-refractivity contribution in [2.75, 3.05) is 11.8 Å². The summed E-state index contributed by atoms with van der Waals surface area (Å²) in [7, 11) is -3.13. The molecule has 12 heteroatoms. The Balaban J connectivity index is 1.79. The van der Waals surface area contributed by atoms with Crippen LogP contribution in [0.1, 0.15) is 0 Å². The van der Waals surface area contributed by atoms with Crippen LogP contribution in [0.3, 0.4) is 0 Å². The number of pyridine rings is 1. The largest absolute Gasteiger partial charge is 0.480 e. The summed E-state index contributed by atoms with van der Waals surface area (Å²) in [5.74, 6) is -2.18. The number of ether oxygens (including phenoxy) is 1. The maximum atomic E-state index is 15.3. The first-order chi connectivity index (χ1) is 15.2. The van der Waals surface area contributed by atoms with Crippen molar-refractivity contribution in [2.45, 2.75) is 4.90 Å². The molecule has 1 N–H and O–H groups in total. The highest BCUT2D eigenvalue weighted by Crippen LogP contribution is 2.34. The minimum atomic E-state index is -4.36. The zero-order chi connectivity index (χ0) is 23.0. The molecule has 0 bridgehead atoms. The SMILES string of the molecule is COc1ncc(Cl)cc1S(=O)(=O)Nc1ccc(F)c(-c2ccc3nc(I)ncc3c2)c1F. The molecule has 0 saturated heterocycles. The normalized spacial score (nSPS) is 11.5.